The lowest BCUT2D eigenvalue weighted by atomic mass is 9.87. The third kappa shape index (κ3) is 3.65. The second-order valence-electron chi connectivity index (χ2n) is 4.55. The van der Waals surface area contributed by atoms with Crippen LogP contribution in [0.25, 0.3) is 0 Å². The molecule has 0 aliphatic carbocycles. The van der Waals surface area contributed by atoms with Crippen molar-refractivity contribution in [3.63, 3.8) is 0 Å². The highest BCUT2D eigenvalue weighted by molar-refractivity contribution is 5.21. The summed E-state index contributed by atoms with van der Waals surface area (Å²) in [4.78, 5) is 0. The lowest BCUT2D eigenvalue weighted by Gasteiger charge is -2.24. The number of benzene rings is 1. The molecule has 1 aromatic carbocycles. The van der Waals surface area contributed by atoms with E-state index in [1.165, 1.54) is 5.56 Å². The molecule has 0 aromatic heterocycles. The second-order valence-corrected chi connectivity index (χ2v) is 4.55. The molecule has 2 atom stereocenters. The van der Waals surface area contributed by atoms with Gasteiger partial charge in [-0.25, -0.2) is 0 Å². The average molecular weight is 206 g/mol. The molecule has 2 heteroatoms. The summed E-state index contributed by atoms with van der Waals surface area (Å²) in [7, 11) is 0. The van der Waals surface area contributed by atoms with Crippen molar-refractivity contribution in [2.75, 3.05) is 6.54 Å². The molecule has 0 saturated heterocycles. The van der Waals surface area contributed by atoms with Crippen LogP contribution >= 0.6 is 0 Å². The molecular formula is C13H22N2. The largest absolute Gasteiger partial charge is 0.330 e. The number of hydrogen-bond donors (Lipinski definition) is 2. The molecule has 1 rings (SSSR count). The van der Waals surface area contributed by atoms with Crippen LogP contribution in [0.5, 0.6) is 0 Å². The first-order valence-electron chi connectivity index (χ1n) is 5.65. The third-order valence-electron chi connectivity index (χ3n) is 2.74. The SMILES string of the molecule is CC(C)C[C@H](N)[C@@H](CN)c1ccccc1. The van der Waals surface area contributed by atoms with E-state index in [1.807, 2.05) is 18.2 Å². The van der Waals surface area contributed by atoms with E-state index in [0.29, 0.717) is 12.5 Å². The topological polar surface area (TPSA) is 52.0 Å². The maximum atomic E-state index is 6.18. The predicted octanol–water partition coefficient (Wildman–Crippen LogP) is 2.10. The summed E-state index contributed by atoms with van der Waals surface area (Å²) in [6.45, 7) is 5.01. The highest BCUT2D eigenvalue weighted by atomic mass is 14.7. The summed E-state index contributed by atoms with van der Waals surface area (Å²) in [5, 5.41) is 0. The molecule has 0 bridgehead atoms. The molecule has 0 spiro atoms. The minimum Gasteiger partial charge on any atom is -0.330 e. The first-order chi connectivity index (χ1) is 7.15. The fourth-order valence-corrected chi connectivity index (χ4v) is 1.97. The van der Waals surface area contributed by atoms with Gasteiger partial charge in [0.15, 0.2) is 0 Å². The van der Waals surface area contributed by atoms with E-state index in [4.69, 9.17) is 11.5 Å². The standard InChI is InChI=1S/C13H22N2/c1-10(2)8-13(15)12(9-14)11-6-4-3-5-7-11/h3-7,10,12-13H,8-9,14-15H2,1-2H3/t12-,13-/m0/s1. The summed E-state index contributed by atoms with van der Waals surface area (Å²) >= 11 is 0. The van der Waals surface area contributed by atoms with Gasteiger partial charge >= 0.3 is 0 Å². The van der Waals surface area contributed by atoms with Gasteiger partial charge in [-0.1, -0.05) is 44.2 Å². The van der Waals surface area contributed by atoms with Crippen LogP contribution in [0.15, 0.2) is 30.3 Å². The molecule has 0 amide bonds. The second kappa shape index (κ2) is 5.89. The van der Waals surface area contributed by atoms with E-state index in [2.05, 4.69) is 26.0 Å². The van der Waals surface area contributed by atoms with Crippen molar-refractivity contribution in [2.45, 2.75) is 32.2 Å². The zero-order valence-electron chi connectivity index (χ0n) is 9.69. The van der Waals surface area contributed by atoms with Gasteiger partial charge in [-0.15, -0.1) is 0 Å². The Kier molecular flexibility index (Phi) is 4.79. The summed E-state index contributed by atoms with van der Waals surface area (Å²) in [5.41, 5.74) is 13.2. The van der Waals surface area contributed by atoms with Crippen LogP contribution in [-0.2, 0) is 0 Å². The van der Waals surface area contributed by atoms with Gasteiger partial charge in [0.2, 0.25) is 0 Å². The van der Waals surface area contributed by atoms with Crippen molar-refractivity contribution in [2.24, 2.45) is 17.4 Å². The predicted molar refractivity (Wildman–Crippen MR) is 65.7 cm³/mol. The Morgan fingerprint density at radius 3 is 2.20 bits per heavy atom. The fourth-order valence-electron chi connectivity index (χ4n) is 1.97. The number of hydrogen-bond acceptors (Lipinski definition) is 2. The molecule has 0 unspecified atom stereocenters. The van der Waals surface area contributed by atoms with Crippen LogP contribution in [-0.4, -0.2) is 12.6 Å². The quantitative estimate of drug-likeness (QED) is 0.775. The molecule has 1 aromatic rings. The van der Waals surface area contributed by atoms with Gasteiger partial charge < -0.3 is 11.5 Å². The van der Waals surface area contributed by atoms with Crippen LogP contribution in [0.4, 0.5) is 0 Å². The first-order valence-corrected chi connectivity index (χ1v) is 5.65. The molecule has 84 valence electrons. The van der Waals surface area contributed by atoms with Crippen molar-refractivity contribution < 1.29 is 0 Å². The Balaban J connectivity index is 2.71. The molecule has 0 aliphatic rings. The average Bonchev–Trinajstić information content (AvgIpc) is 2.19. The van der Waals surface area contributed by atoms with E-state index < -0.39 is 0 Å². The number of nitrogens with two attached hydrogens (primary N) is 2. The van der Waals surface area contributed by atoms with Gasteiger partial charge in [0.1, 0.15) is 0 Å². The van der Waals surface area contributed by atoms with Crippen molar-refractivity contribution >= 4 is 0 Å². The smallest absolute Gasteiger partial charge is 0.0122 e. The van der Waals surface area contributed by atoms with E-state index in [0.717, 1.165) is 6.42 Å². The van der Waals surface area contributed by atoms with Gasteiger partial charge in [-0.05, 0) is 17.9 Å². The van der Waals surface area contributed by atoms with E-state index in [-0.39, 0.29) is 12.0 Å². The fraction of sp³-hybridized carbons (Fsp3) is 0.538. The summed E-state index contributed by atoms with van der Waals surface area (Å²) < 4.78 is 0. The van der Waals surface area contributed by atoms with Crippen LogP contribution in [0, 0.1) is 5.92 Å². The molecule has 0 heterocycles. The zero-order valence-corrected chi connectivity index (χ0v) is 9.69. The van der Waals surface area contributed by atoms with Crippen LogP contribution < -0.4 is 11.5 Å². The van der Waals surface area contributed by atoms with Crippen molar-refractivity contribution in [1.29, 1.82) is 0 Å². The van der Waals surface area contributed by atoms with Crippen molar-refractivity contribution in [1.82, 2.24) is 0 Å². The van der Waals surface area contributed by atoms with Gasteiger partial charge in [0.25, 0.3) is 0 Å². The molecule has 0 saturated carbocycles. The lowest BCUT2D eigenvalue weighted by molar-refractivity contribution is 0.436. The van der Waals surface area contributed by atoms with Gasteiger partial charge in [0.05, 0.1) is 0 Å². The highest BCUT2D eigenvalue weighted by Crippen LogP contribution is 2.21. The summed E-state index contributed by atoms with van der Waals surface area (Å²) in [5.74, 6) is 0.909. The normalized spacial score (nSPS) is 15.3. The molecule has 15 heavy (non-hydrogen) atoms. The Morgan fingerprint density at radius 2 is 1.73 bits per heavy atom. The molecule has 0 aliphatic heterocycles. The Hall–Kier alpha value is -0.860. The van der Waals surface area contributed by atoms with Gasteiger partial charge in [0, 0.05) is 18.5 Å². The maximum absolute atomic E-state index is 6.18. The molecule has 0 fully saturated rings. The van der Waals surface area contributed by atoms with E-state index in [1.54, 1.807) is 0 Å². The van der Waals surface area contributed by atoms with E-state index >= 15 is 0 Å². The zero-order chi connectivity index (χ0) is 11.3. The minimum atomic E-state index is 0.164. The molecular weight excluding hydrogens is 184 g/mol. The molecule has 0 radical (unpaired) electrons. The van der Waals surface area contributed by atoms with Crippen LogP contribution in [0.2, 0.25) is 0 Å². The van der Waals surface area contributed by atoms with Crippen LogP contribution in [0.1, 0.15) is 31.7 Å². The van der Waals surface area contributed by atoms with Crippen molar-refractivity contribution in [3.05, 3.63) is 35.9 Å². The van der Waals surface area contributed by atoms with Crippen molar-refractivity contribution in [3.8, 4) is 0 Å². The monoisotopic (exact) mass is 206 g/mol. The highest BCUT2D eigenvalue weighted by Gasteiger charge is 2.18. The lowest BCUT2D eigenvalue weighted by Crippen LogP contribution is -2.34. The minimum absolute atomic E-state index is 0.164. The summed E-state index contributed by atoms with van der Waals surface area (Å²) in [6, 6.07) is 10.5. The van der Waals surface area contributed by atoms with E-state index in [9.17, 15) is 0 Å². The Morgan fingerprint density at radius 1 is 1.13 bits per heavy atom. The number of rotatable bonds is 5. The van der Waals surface area contributed by atoms with Gasteiger partial charge in [-0.3, -0.25) is 0 Å². The Labute approximate surface area is 92.7 Å². The molecule has 4 N–H and O–H groups in total. The van der Waals surface area contributed by atoms with Crippen LogP contribution in [0.3, 0.4) is 0 Å². The summed E-state index contributed by atoms with van der Waals surface area (Å²) in [6.07, 6.45) is 1.02. The third-order valence-corrected chi connectivity index (χ3v) is 2.74. The van der Waals surface area contributed by atoms with Gasteiger partial charge in [-0.2, -0.15) is 0 Å². The Bertz CT molecular complexity index is 269. The maximum Gasteiger partial charge on any atom is 0.0122 e. The first kappa shape index (κ1) is 12.2. The molecule has 2 nitrogen and oxygen atoms in total.